The number of nitrogens with zero attached hydrogens (tertiary/aromatic N) is 5. The van der Waals surface area contributed by atoms with E-state index in [2.05, 4.69) is 26.9 Å². The first-order valence-electron chi connectivity index (χ1n) is 9.33. The molecule has 1 amide bonds. The number of carbonyl (C=O) groups excluding carboxylic acids is 1. The number of non-ortho nitro benzene ring substituents is 1. The second kappa shape index (κ2) is 9.02. The Balaban J connectivity index is 1.85. The molecule has 3 rings (SSSR count). The number of halogens is 3. The van der Waals surface area contributed by atoms with Gasteiger partial charge in [-0.2, -0.15) is 13.2 Å². The zero-order valence-corrected chi connectivity index (χ0v) is 17.4. The van der Waals surface area contributed by atoms with E-state index in [1.165, 1.54) is 31.3 Å². The molecule has 1 N–H and O–H groups in total. The van der Waals surface area contributed by atoms with Crippen LogP contribution in [0.2, 0.25) is 0 Å². The van der Waals surface area contributed by atoms with Crippen molar-refractivity contribution in [1.82, 2.24) is 14.9 Å². The van der Waals surface area contributed by atoms with Gasteiger partial charge in [0, 0.05) is 24.7 Å². The molecule has 0 aliphatic heterocycles. The molecule has 0 bridgehead atoms. The molecule has 0 fully saturated rings. The number of hydrogen-bond acceptors (Lipinski definition) is 6. The highest BCUT2D eigenvalue weighted by Gasteiger charge is 2.38. The van der Waals surface area contributed by atoms with Gasteiger partial charge in [-0.1, -0.05) is 12.6 Å². The second-order valence-corrected chi connectivity index (χ2v) is 6.80. The molecule has 1 aromatic heterocycles. The van der Waals surface area contributed by atoms with Gasteiger partial charge in [0.25, 0.3) is 11.6 Å². The summed E-state index contributed by atoms with van der Waals surface area (Å²) in [5.74, 6) is -2.18. The molecule has 3 aromatic rings. The SMILES string of the molecule is C=C(N=CC(=NC)NC(=O)c1ccc([N+](=O)[O-])cc1)n1c(C(F)(F)F)nc2cc(C)ccc21. The van der Waals surface area contributed by atoms with Crippen LogP contribution in [0.4, 0.5) is 18.9 Å². The largest absolute Gasteiger partial charge is 0.450 e. The van der Waals surface area contributed by atoms with Gasteiger partial charge < -0.3 is 5.32 Å². The molecule has 2 aromatic carbocycles. The molecule has 1 heterocycles. The third kappa shape index (κ3) is 5.11. The maximum absolute atomic E-state index is 13.6. The number of fused-ring (bicyclic) bond motifs is 1. The number of nitro groups is 1. The Morgan fingerprint density at radius 2 is 1.91 bits per heavy atom. The Morgan fingerprint density at radius 3 is 2.48 bits per heavy atom. The molecule has 0 aliphatic rings. The molecule has 0 aliphatic carbocycles. The van der Waals surface area contributed by atoms with Crippen molar-refractivity contribution in [3.63, 3.8) is 0 Å². The summed E-state index contributed by atoms with van der Waals surface area (Å²) in [6.07, 6.45) is -3.71. The Labute approximate surface area is 185 Å². The molecule has 0 radical (unpaired) electrons. The van der Waals surface area contributed by atoms with Crippen molar-refractivity contribution in [2.24, 2.45) is 9.98 Å². The van der Waals surface area contributed by atoms with Crippen LogP contribution in [0.1, 0.15) is 21.7 Å². The van der Waals surface area contributed by atoms with Gasteiger partial charge in [0.15, 0.2) is 0 Å². The van der Waals surface area contributed by atoms with Crippen LogP contribution in [0.25, 0.3) is 16.9 Å². The van der Waals surface area contributed by atoms with E-state index in [9.17, 15) is 28.1 Å². The molecule has 9 nitrogen and oxygen atoms in total. The van der Waals surface area contributed by atoms with E-state index < -0.39 is 22.8 Å². The highest BCUT2D eigenvalue weighted by molar-refractivity contribution is 6.34. The van der Waals surface area contributed by atoms with E-state index in [0.717, 1.165) is 28.5 Å². The Morgan fingerprint density at radius 1 is 1.24 bits per heavy atom. The highest BCUT2D eigenvalue weighted by Crippen LogP contribution is 2.33. The monoisotopic (exact) mass is 458 g/mol. The highest BCUT2D eigenvalue weighted by atomic mass is 19.4. The maximum Gasteiger partial charge on any atom is 0.450 e. The molecule has 0 saturated heterocycles. The van der Waals surface area contributed by atoms with Crippen LogP contribution in [0.15, 0.2) is 59.0 Å². The quantitative estimate of drug-likeness (QED) is 0.267. The third-order valence-electron chi connectivity index (χ3n) is 4.48. The predicted octanol–water partition coefficient (Wildman–Crippen LogP) is 4.23. The summed E-state index contributed by atoms with van der Waals surface area (Å²) in [6, 6.07) is 9.48. The number of alkyl halides is 3. The van der Waals surface area contributed by atoms with Crippen LogP contribution >= 0.6 is 0 Å². The number of nitrogens with one attached hydrogen (secondary N) is 1. The van der Waals surface area contributed by atoms with Crippen molar-refractivity contribution in [1.29, 1.82) is 0 Å². The van der Waals surface area contributed by atoms with Gasteiger partial charge in [0.2, 0.25) is 5.82 Å². The summed E-state index contributed by atoms with van der Waals surface area (Å²) < 4.78 is 41.4. The van der Waals surface area contributed by atoms with Gasteiger partial charge in [0.05, 0.1) is 22.2 Å². The minimum atomic E-state index is -4.75. The van der Waals surface area contributed by atoms with Crippen LogP contribution in [0.3, 0.4) is 0 Å². The lowest BCUT2D eigenvalue weighted by molar-refractivity contribution is -0.384. The molecular formula is C21H17F3N6O3. The smallest absolute Gasteiger partial charge is 0.306 e. The van der Waals surface area contributed by atoms with Crippen LogP contribution < -0.4 is 5.32 Å². The van der Waals surface area contributed by atoms with Crippen molar-refractivity contribution in [2.75, 3.05) is 7.05 Å². The molecule has 170 valence electrons. The van der Waals surface area contributed by atoms with Gasteiger partial charge in [-0.15, -0.1) is 0 Å². The molecular weight excluding hydrogens is 441 g/mol. The number of aryl methyl sites for hydroxylation is 1. The molecule has 12 heteroatoms. The number of benzene rings is 2. The molecule has 33 heavy (non-hydrogen) atoms. The fourth-order valence-corrected chi connectivity index (χ4v) is 2.90. The van der Waals surface area contributed by atoms with E-state index >= 15 is 0 Å². The number of nitro benzene ring substituents is 1. The Hall–Kier alpha value is -4.35. The van der Waals surface area contributed by atoms with Crippen molar-refractivity contribution >= 4 is 40.5 Å². The van der Waals surface area contributed by atoms with Crippen molar-refractivity contribution in [3.05, 3.63) is 76.1 Å². The van der Waals surface area contributed by atoms with Gasteiger partial charge in [-0.05, 0) is 36.8 Å². The topological polar surface area (TPSA) is 115 Å². The number of aliphatic imine (C=N–C) groups is 2. The number of rotatable bonds is 5. The normalized spacial score (nSPS) is 12.3. The summed E-state index contributed by atoms with van der Waals surface area (Å²) in [7, 11) is 1.34. The van der Waals surface area contributed by atoms with Crippen LogP contribution in [-0.2, 0) is 6.18 Å². The summed E-state index contributed by atoms with van der Waals surface area (Å²) in [5.41, 5.74) is 0.972. The molecule has 0 atom stereocenters. The van der Waals surface area contributed by atoms with Gasteiger partial charge in [-0.25, -0.2) is 9.98 Å². The number of hydrogen-bond donors (Lipinski definition) is 1. The molecule has 0 spiro atoms. The van der Waals surface area contributed by atoms with Gasteiger partial charge in [0.1, 0.15) is 11.7 Å². The average molecular weight is 458 g/mol. The maximum atomic E-state index is 13.6. The van der Waals surface area contributed by atoms with Crippen LogP contribution in [0, 0.1) is 17.0 Å². The van der Waals surface area contributed by atoms with E-state index in [-0.39, 0.29) is 33.9 Å². The summed E-state index contributed by atoms with van der Waals surface area (Å²) in [4.78, 5) is 33.9. The number of amidine groups is 1. The van der Waals surface area contributed by atoms with E-state index in [1.807, 2.05) is 0 Å². The van der Waals surface area contributed by atoms with E-state index in [0.29, 0.717) is 0 Å². The summed E-state index contributed by atoms with van der Waals surface area (Å²) in [5, 5.41) is 13.1. The number of carbonyl (C=O) groups is 1. The number of aromatic nitrogens is 2. The number of imidazole rings is 1. The minimum Gasteiger partial charge on any atom is -0.306 e. The van der Waals surface area contributed by atoms with E-state index in [1.54, 1.807) is 13.0 Å². The standard InChI is InChI=1S/C21H17F3N6O3/c1-12-4-9-17-16(10-12)27-20(21(22,23)24)29(17)13(2)26-11-18(25-3)28-19(31)14-5-7-15(8-6-14)30(32)33/h4-11H,2H2,1,3H3,(H,25,28,31). The lowest BCUT2D eigenvalue weighted by Crippen LogP contribution is -2.31. The predicted molar refractivity (Wildman–Crippen MR) is 117 cm³/mol. The van der Waals surface area contributed by atoms with Crippen LogP contribution in [-0.4, -0.2) is 39.5 Å². The average Bonchev–Trinajstić information content (AvgIpc) is 3.15. The van der Waals surface area contributed by atoms with Gasteiger partial charge >= 0.3 is 6.18 Å². The van der Waals surface area contributed by atoms with Crippen molar-refractivity contribution in [2.45, 2.75) is 13.1 Å². The van der Waals surface area contributed by atoms with Gasteiger partial charge in [-0.3, -0.25) is 24.5 Å². The summed E-state index contributed by atoms with van der Waals surface area (Å²) >= 11 is 0. The summed E-state index contributed by atoms with van der Waals surface area (Å²) in [6.45, 7) is 5.34. The molecule has 0 saturated carbocycles. The Kier molecular flexibility index (Phi) is 6.38. The first-order valence-corrected chi connectivity index (χ1v) is 9.33. The second-order valence-electron chi connectivity index (χ2n) is 6.80. The van der Waals surface area contributed by atoms with Crippen molar-refractivity contribution in [3.8, 4) is 0 Å². The zero-order valence-electron chi connectivity index (χ0n) is 17.4. The fourth-order valence-electron chi connectivity index (χ4n) is 2.90. The van der Waals surface area contributed by atoms with Crippen molar-refractivity contribution < 1.29 is 22.9 Å². The third-order valence-corrected chi connectivity index (χ3v) is 4.48. The lowest BCUT2D eigenvalue weighted by atomic mass is 10.2. The number of amides is 1. The van der Waals surface area contributed by atoms with Crippen LogP contribution in [0.5, 0.6) is 0 Å². The van der Waals surface area contributed by atoms with E-state index in [4.69, 9.17) is 0 Å². The molecule has 0 unspecified atom stereocenters. The first kappa shape index (κ1) is 23.3. The first-order chi connectivity index (χ1) is 15.5. The Bertz CT molecular complexity index is 1310. The lowest BCUT2D eigenvalue weighted by Gasteiger charge is -2.11. The zero-order chi connectivity index (χ0) is 24.3. The minimum absolute atomic E-state index is 0.0617. The fraction of sp³-hybridized carbons (Fsp3) is 0.143.